The van der Waals surface area contributed by atoms with E-state index < -0.39 is 12.1 Å². The Hall–Kier alpha value is -2.82. The van der Waals surface area contributed by atoms with Crippen LogP contribution < -0.4 is 0 Å². The quantitative estimate of drug-likeness (QED) is 0.838. The van der Waals surface area contributed by atoms with E-state index >= 15 is 0 Å². The van der Waals surface area contributed by atoms with E-state index in [1.54, 1.807) is 35.1 Å². The van der Waals surface area contributed by atoms with Gasteiger partial charge in [0.05, 0.1) is 17.3 Å². The molecule has 1 fully saturated rings. The number of piperidine rings is 1. The minimum Gasteiger partial charge on any atom is -0.335 e. The van der Waals surface area contributed by atoms with Crippen LogP contribution in [0.15, 0.2) is 36.5 Å². The molecule has 3 rings (SSSR count). The molecule has 2 heterocycles. The number of alkyl halides is 3. The fraction of sp³-hybridized carbons (Fsp3) is 0.353. The van der Waals surface area contributed by atoms with Crippen molar-refractivity contribution in [3.8, 4) is 11.8 Å². The maximum atomic E-state index is 12.5. The van der Waals surface area contributed by atoms with E-state index in [0.717, 1.165) is 16.3 Å². The molecular weight excluding hydrogens is 333 g/mol. The van der Waals surface area contributed by atoms with E-state index in [4.69, 9.17) is 5.26 Å². The van der Waals surface area contributed by atoms with Crippen molar-refractivity contribution in [1.82, 2.24) is 14.7 Å². The van der Waals surface area contributed by atoms with Crippen molar-refractivity contribution in [2.75, 3.05) is 13.1 Å². The van der Waals surface area contributed by atoms with Crippen molar-refractivity contribution < 1.29 is 18.0 Å². The lowest BCUT2D eigenvalue weighted by molar-refractivity contribution is -0.186. The molecule has 1 aliphatic rings. The highest BCUT2D eigenvalue weighted by Gasteiger charge is 2.43. The summed E-state index contributed by atoms with van der Waals surface area (Å²) < 4.78 is 39.3. The van der Waals surface area contributed by atoms with Gasteiger partial charge in [-0.05, 0) is 43.2 Å². The summed E-state index contributed by atoms with van der Waals surface area (Å²) in [6.45, 7) is 0.142. The van der Waals surface area contributed by atoms with Crippen LogP contribution in [0.1, 0.15) is 30.0 Å². The maximum Gasteiger partial charge on any atom is 0.471 e. The minimum absolute atomic E-state index is 0.0235. The monoisotopic (exact) mass is 348 g/mol. The molecule has 0 N–H and O–H groups in total. The number of hydrogen-bond acceptors (Lipinski definition) is 3. The smallest absolute Gasteiger partial charge is 0.335 e. The number of hydrogen-bond donors (Lipinski definition) is 0. The third kappa shape index (κ3) is 3.50. The predicted octanol–water partition coefficient (Wildman–Crippen LogP) is 3.01. The number of benzene rings is 1. The van der Waals surface area contributed by atoms with E-state index in [1.807, 2.05) is 12.1 Å². The Morgan fingerprint density at radius 3 is 2.36 bits per heavy atom. The normalized spacial score (nSPS) is 15.8. The lowest BCUT2D eigenvalue weighted by Crippen LogP contribution is -2.45. The fourth-order valence-corrected chi connectivity index (χ4v) is 3.07. The summed E-state index contributed by atoms with van der Waals surface area (Å²) in [5.74, 6) is -1.75. The molecule has 1 aromatic heterocycles. The largest absolute Gasteiger partial charge is 0.471 e. The molecule has 0 saturated carbocycles. The number of carbonyl (C=O) groups is 1. The van der Waals surface area contributed by atoms with Crippen molar-refractivity contribution in [1.29, 1.82) is 5.26 Å². The van der Waals surface area contributed by atoms with Crippen LogP contribution in [0.25, 0.3) is 5.69 Å². The van der Waals surface area contributed by atoms with Crippen LogP contribution in [0.5, 0.6) is 0 Å². The molecule has 0 aliphatic carbocycles. The lowest BCUT2D eigenvalue weighted by atomic mass is 9.93. The van der Waals surface area contributed by atoms with Gasteiger partial charge in [0, 0.05) is 30.9 Å². The average molecular weight is 348 g/mol. The van der Waals surface area contributed by atoms with Gasteiger partial charge in [0.15, 0.2) is 0 Å². The number of nitriles is 1. The highest BCUT2D eigenvalue weighted by molar-refractivity contribution is 5.81. The number of nitrogens with zero attached hydrogens (tertiary/aromatic N) is 4. The third-order valence-corrected chi connectivity index (χ3v) is 4.36. The third-order valence-electron chi connectivity index (χ3n) is 4.36. The zero-order valence-corrected chi connectivity index (χ0v) is 13.2. The second-order valence-corrected chi connectivity index (χ2v) is 5.89. The Morgan fingerprint density at radius 2 is 1.80 bits per heavy atom. The minimum atomic E-state index is -4.82. The lowest BCUT2D eigenvalue weighted by Gasteiger charge is -2.32. The van der Waals surface area contributed by atoms with Crippen molar-refractivity contribution in [3.05, 3.63) is 47.8 Å². The van der Waals surface area contributed by atoms with Crippen molar-refractivity contribution in [3.63, 3.8) is 0 Å². The molecule has 130 valence electrons. The van der Waals surface area contributed by atoms with Crippen LogP contribution in [0.3, 0.4) is 0 Å². The first kappa shape index (κ1) is 17.0. The van der Waals surface area contributed by atoms with Gasteiger partial charge in [0.2, 0.25) is 0 Å². The summed E-state index contributed by atoms with van der Waals surface area (Å²) in [6.07, 6.45) is -2.29. The summed E-state index contributed by atoms with van der Waals surface area (Å²) in [6, 6.07) is 10.8. The topological polar surface area (TPSA) is 61.9 Å². The molecule has 8 heteroatoms. The zero-order valence-electron chi connectivity index (χ0n) is 13.2. The molecule has 1 amide bonds. The highest BCUT2D eigenvalue weighted by Crippen LogP contribution is 2.31. The van der Waals surface area contributed by atoms with Crippen molar-refractivity contribution >= 4 is 5.91 Å². The van der Waals surface area contributed by atoms with Gasteiger partial charge >= 0.3 is 12.1 Å². The zero-order chi connectivity index (χ0) is 18.0. The number of rotatable bonds is 2. The van der Waals surface area contributed by atoms with Crippen LogP contribution >= 0.6 is 0 Å². The average Bonchev–Trinajstić information content (AvgIpc) is 3.10. The standard InChI is InChI=1S/C17H15F3N4O/c18-17(19,20)16(25)23-9-6-13(7-10-23)15-5-8-22-24(15)14-3-1-12(11-21)2-4-14/h1-5,8,13H,6-7,9-10H2. The van der Waals surface area contributed by atoms with Gasteiger partial charge in [-0.1, -0.05) is 0 Å². The van der Waals surface area contributed by atoms with Crippen LogP contribution in [0.2, 0.25) is 0 Å². The van der Waals surface area contributed by atoms with E-state index in [0.29, 0.717) is 18.4 Å². The summed E-state index contributed by atoms with van der Waals surface area (Å²) in [5, 5.41) is 13.1. The van der Waals surface area contributed by atoms with Gasteiger partial charge in [-0.3, -0.25) is 4.79 Å². The van der Waals surface area contributed by atoms with Crippen molar-refractivity contribution in [2.24, 2.45) is 0 Å². The molecule has 0 bridgehead atoms. The first-order valence-electron chi connectivity index (χ1n) is 7.80. The molecule has 0 radical (unpaired) electrons. The molecule has 0 unspecified atom stereocenters. The Balaban J connectivity index is 1.74. The van der Waals surface area contributed by atoms with Gasteiger partial charge in [-0.2, -0.15) is 23.5 Å². The second-order valence-electron chi connectivity index (χ2n) is 5.89. The highest BCUT2D eigenvalue weighted by atomic mass is 19.4. The summed E-state index contributed by atoms with van der Waals surface area (Å²) >= 11 is 0. The molecule has 1 aromatic carbocycles. The second kappa shape index (κ2) is 6.59. The summed E-state index contributed by atoms with van der Waals surface area (Å²) in [4.78, 5) is 12.2. The molecule has 25 heavy (non-hydrogen) atoms. The number of likely N-dealkylation sites (tertiary alicyclic amines) is 1. The Bertz CT molecular complexity index is 797. The van der Waals surface area contributed by atoms with Crippen LogP contribution in [-0.4, -0.2) is 39.9 Å². The van der Waals surface area contributed by atoms with Crippen molar-refractivity contribution in [2.45, 2.75) is 24.9 Å². The van der Waals surface area contributed by atoms with Gasteiger partial charge in [-0.25, -0.2) is 4.68 Å². The van der Waals surface area contributed by atoms with E-state index in [-0.39, 0.29) is 19.0 Å². The van der Waals surface area contributed by atoms with Gasteiger partial charge in [0.25, 0.3) is 0 Å². The van der Waals surface area contributed by atoms with E-state index in [2.05, 4.69) is 5.10 Å². The fourth-order valence-electron chi connectivity index (χ4n) is 3.07. The van der Waals surface area contributed by atoms with Gasteiger partial charge in [-0.15, -0.1) is 0 Å². The van der Waals surface area contributed by atoms with Crippen LogP contribution in [0.4, 0.5) is 13.2 Å². The molecule has 0 atom stereocenters. The number of halogens is 3. The number of aromatic nitrogens is 2. The Morgan fingerprint density at radius 1 is 1.16 bits per heavy atom. The number of carbonyl (C=O) groups excluding carboxylic acids is 1. The first-order valence-corrected chi connectivity index (χ1v) is 7.80. The molecule has 5 nitrogen and oxygen atoms in total. The summed E-state index contributed by atoms with van der Waals surface area (Å²) in [7, 11) is 0. The maximum absolute atomic E-state index is 12.5. The Labute approximate surface area is 142 Å². The predicted molar refractivity (Wildman–Crippen MR) is 82.9 cm³/mol. The summed E-state index contributed by atoms with van der Waals surface area (Å²) in [5.41, 5.74) is 2.22. The molecule has 1 saturated heterocycles. The SMILES string of the molecule is N#Cc1ccc(-n2nccc2C2CCN(C(=O)C(F)(F)F)CC2)cc1. The van der Waals surface area contributed by atoms with Crippen LogP contribution in [0, 0.1) is 11.3 Å². The Kier molecular flexibility index (Phi) is 4.49. The molecular formula is C17H15F3N4O. The van der Waals surface area contributed by atoms with E-state index in [9.17, 15) is 18.0 Å². The van der Waals surface area contributed by atoms with E-state index in [1.165, 1.54) is 0 Å². The molecule has 1 aliphatic heterocycles. The first-order chi connectivity index (χ1) is 11.9. The van der Waals surface area contributed by atoms with Gasteiger partial charge < -0.3 is 4.90 Å². The van der Waals surface area contributed by atoms with Crippen LogP contribution in [-0.2, 0) is 4.79 Å². The number of amides is 1. The van der Waals surface area contributed by atoms with Gasteiger partial charge in [0.1, 0.15) is 0 Å². The molecule has 0 spiro atoms. The molecule has 2 aromatic rings.